The minimum absolute atomic E-state index is 0.0666. The zero-order valence-corrected chi connectivity index (χ0v) is 10.5. The third-order valence-electron chi connectivity index (χ3n) is 2.44. The molecule has 18 heavy (non-hydrogen) atoms. The number of hydrogen-bond acceptors (Lipinski definition) is 2. The van der Waals surface area contributed by atoms with Crippen molar-refractivity contribution in [2.75, 3.05) is 0 Å². The van der Waals surface area contributed by atoms with Gasteiger partial charge in [0, 0.05) is 10.6 Å². The van der Waals surface area contributed by atoms with Gasteiger partial charge in [0.15, 0.2) is 0 Å². The molecule has 1 atom stereocenters. The molecule has 0 spiro atoms. The first-order valence-electron chi connectivity index (χ1n) is 5.40. The van der Waals surface area contributed by atoms with Crippen LogP contribution in [0.1, 0.15) is 18.9 Å². The highest BCUT2D eigenvalue weighted by atomic mass is 35.5. The molecule has 1 aromatic carbocycles. The number of rotatable bonds is 5. The molecule has 4 nitrogen and oxygen atoms in total. The molecular formula is C12H13ClFNO3. The predicted molar refractivity (Wildman–Crippen MR) is 65.0 cm³/mol. The summed E-state index contributed by atoms with van der Waals surface area (Å²) in [6.45, 7) is 1.63. The fraction of sp³-hybridized carbons (Fsp3) is 0.333. The average Bonchev–Trinajstić information content (AvgIpc) is 2.30. The summed E-state index contributed by atoms with van der Waals surface area (Å²) in [6, 6.07) is 3.14. The van der Waals surface area contributed by atoms with Crippen LogP contribution >= 0.6 is 11.6 Å². The Bertz CT molecular complexity index is 444. The first-order valence-corrected chi connectivity index (χ1v) is 5.78. The number of amides is 1. The van der Waals surface area contributed by atoms with Crippen molar-refractivity contribution in [3.05, 3.63) is 34.6 Å². The largest absolute Gasteiger partial charge is 0.480 e. The Hall–Kier alpha value is -1.62. The lowest BCUT2D eigenvalue weighted by atomic mass is 10.1. The van der Waals surface area contributed by atoms with E-state index in [4.69, 9.17) is 16.7 Å². The molecule has 0 saturated carbocycles. The number of benzene rings is 1. The highest BCUT2D eigenvalue weighted by Gasteiger charge is 2.19. The van der Waals surface area contributed by atoms with Crippen molar-refractivity contribution in [3.63, 3.8) is 0 Å². The van der Waals surface area contributed by atoms with Crippen LogP contribution in [-0.2, 0) is 16.0 Å². The maximum absolute atomic E-state index is 13.4. The van der Waals surface area contributed by atoms with E-state index in [0.29, 0.717) is 0 Å². The summed E-state index contributed by atoms with van der Waals surface area (Å²) >= 11 is 5.77. The van der Waals surface area contributed by atoms with E-state index in [1.54, 1.807) is 6.92 Å². The van der Waals surface area contributed by atoms with Gasteiger partial charge >= 0.3 is 5.97 Å². The fourth-order valence-electron chi connectivity index (χ4n) is 1.45. The highest BCUT2D eigenvalue weighted by molar-refractivity contribution is 6.31. The molecule has 1 aromatic rings. The molecule has 0 aliphatic rings. The smallest absolute Gasteiger partial charge is 0.326 e. The average molecular weight is 274 g/mol. The van der Waals surface area contributed by atoms with Crippen LogP contribution in [0.2, 0.25) is 5.02 Å². The lowest BCUT2D eigenvalue weighted by Crippen LogP contribution is -2.41. The molecule has 0 radical (unpaired) electrons. The van der Waals surface area contributed by atoms with Gasteiger partial charge in [-0.3, -0.25) is 4.79 Å². The van der Waals surface area contributed by atoms with Gasteiger partial charge in [0.1, 0.15) is 11.9 Å². The monoisotopic (exact) mass is 273 g/mol. The molecule has 2 N–H and O–H groups in total. The maximum atomic E-state index is 13.4. The van der Waals surface area contributed by atoms with Crippen molar-refractivity contribution in [2.45, 2.75) is 25.8 Å². The Labute approximate surface area is 109 Å². The number of nitrogens with one attached hydrogen (secondary N) is 1. The third-order valence-corrected chi connectivity index (χ3v) is 2.79. The fourth-order valence-corrected chi connectivity index (χ4v) is 1.68. The number of carboxylic acids is 1. The molecule has 6 heteroatoms. The second-order valence-electron chi connectivity index (χ2n) is 3.74. The first-order chi connectivity index (χ1) is 8.45. The van der Waals surface area contributed by atoms with Crippen LogP contribution in [0.25, 0.3) is 0 Å². The summed E-state index contributed by atoms with van der Waals surface area (Å²) < 4.78 is 13.4. The third kappa shape index (κ3) is 3.70. The molecule has 0 fully saturated rings. The van der Waals surface area contributed by atoms with Gasteiger partial charge in [0.2, 0.25) is 5.91 Å². The zero-order valence-electron chi connectivity index (χ0n) is 9.74. The zero-order chi connectivity index (χ0) is 13.7. The van der Waals surface area contributed by atoms with Crippen LogP contribution in [-0.4, -0.2) is 23.0 Å². The summed E-state index contributed by atoms with van der Waals surface area (Å²) in [4.78, 5) is 22.3. The second-order valence-corrected chi connectivity index (χ2v) is 4.15. The van der Waals surface area contributed by atoms with Crippen molar-refractivity contribution in [1.82, 2.24) is 5.32 Å². The van der Waals surface area contributed by atoms with E-state index in [2.05, 4.69) is 5.32 Å². The van der Waals surface area contributed by atoms with Gasteiger partial charge in [-0.05, 0) is 18.6 Å². The minimum atomic E-state index is -1.12. The molecule has 1 rings (SSSR count). The number of halogens is 2. The van der Waals surface area contributed by atoms with E-state index in [1.807, 2.05) is 0 Å². The molecule has 0 aliphatic heterocycles. The van der Waals surface area contributed by atoms with Crippen molar-refractivity contribution >= 4 is 23.5 Å². The van der Waals surface area contributed by atoms with E-state index < -0.39 is 23.7 Å². The highest BCUT2D eigenvalue weighted by Crippen LogP contribution is 2.19. The normalized spacial score (nSPS) is 11.9. The van der Waals surface area contributed by atoms with Gasteiger partial charge < -0.3 is 10.4 Å². The van der Waals surface area contributed by atoms with E-state index >= 15 is 0 Å². The number of carbonyl (C=O) groups excluding carboxylic acids is 1. The summed E-state index contributed by atoms with van der Waals surface area (Å²) in [5.74, 6) is -2.28. The minimum Gasteiger partial charge on any atom is -0.480 e. The van der Waals surface area contributed by atoms with E-state index in [1.165, 1.54) is 18.2 Å². The molecular weight excluding hydrogens is 261 g/mol. The molecule has 0 heterocycles. The Morgan fingerprint density at radius 1 is 1.50 bits per heavy atom. The van der Waals surface area contributed by atoms with Crippen LogP contribution in [0.4, 0.5) is 4.39 Å². The second kappa shape index (κ2) is 6.35. The van der Waals surface area contributed by atoms with Crippen molar-refractivity contribution < 1.29 is 19.1 Å². The SMILES string of the molecule is CC[C@H](NC(=O)Cc1c(F)cccc1Cl)C(=O)O. The van der Waals surface area contributed by atoms with Crippen LogP contribution in [0.5, 0.6) is 0 Å². The van der Waals surface area contributed by atoms with Crippen molar-refractivity contribution in [3.8, 4) is 0 Å². The van der Waals surface area contributed by atoms with E-state index in [9.17, 15) is 14.0 Å². The van der Waals surface area contributed by atoms with Gasteiger partial charge in [-0.15, -0.1) is 0 Å². The van der Waals surface area contributed by atoms with Crippen molar-refractivity contribution in [1.29, 1.82) is 0 Å². The van der Waals surface area contributed by atoms with Gasteiger partial charge in [-0.25, -0.2) is 9.18 Å². The summed E-state index contributed by atoms with van der Waals surface area (Å²) in [6.07, 6.45) is -0.0264. The van der Waals surface area contributed by atoms with Crippen LogP contribution in [0, 0.1) is 5.82 Å². The van der Waals surface area contributed by atoms with Crippen LogP contribution in [0.15, 0.2) is 18.2 Å². The molecule has 0 aliphatic carbocycles. The van der Waals surface area contributed by atoms with Gasteiger partial charge in [-0.1, -0.05) is 24.6 Å². The summed E-state index contributed by atoms with van der Waals surface area (Å²) in [7, 11) is 0. The van der Waals surface area contributed by atoms with E-state index in [-0.39, 0.29) is 23.4 Å². The van der Waals surface area contributed by atoms with Gasteiger partial charge in [0.05, 0.1) is 6.42 Å². The number of carbonyl (C=O) groups is 2. The van der Waals surface area contributed by atoms with Gasteiger partial charge in [-0.2, -0.15) is 0 Å². The predicted octanol–water partition coefficient (Wildman–Crippen LogP) is 2.00. The first kappa shape index (κ1) is 14.4. The lowest BCUT2D eigenvalue weighted by Gasteiger charge is -2.12. The number of aliphatic carboxylic acids is 1. The van der Waals surface area contributed by atoms with Crippen LogP contribution < -0.4 is 5.32 Å². The van der Waals surface area contributed by atoms with E-state index in [0.717, 1.165) is 0 Å². The topological polar surface area (TPSA) is 66.4 Å². The molecule has 0 bridgehead atoms. The summed E-state index contributed by atoms with van der Waals surface area (Å²) in [5.41, 5.74) is 0.0666. The Kier molecular flexibility index (Phi) is 5.09. The quantitative estimate of drug-likeness (QED) is 0.862. The number of hydrogen-bond donors (Lipinski definition) is 2. The van der Waals surface area contributed by atoms with Gasteiger partial charge in [0.25, 0.3) is 0 Å². The maximum Gasteiger partial charge on any atom is 0.326 e. The van der Waals surface area contributed by atoms with Crippen LogP contribution in [0.3, 0.4) is 0 Å². The summed E-state index contributed by atoms with van der Waals surface area (Å²) in [5, 5.41) is 11.2. The number of carboxylic acid groups (broad SMARTS) is 1. The standard InChI is InChI=1S/C12H13ClFNO3/c1-2-10(12(17)18)15-11(16)6-7-8(13)4-3-5-9(7)14/h3-5,10H,2,6H2,1H3,(H,15,16)(H,17,18)/t10-/m0/s1. The Balaban J connectivity index is 2.73. The Morgan fingerprint density at radius 2 is 2.17 bits per heavy atom. The molecule has 0 aromatic heterocycles. The Morgan fingerprint density at radius 3 is 2.67 bits per heavy atom. The molecule has 1 amide bonds. The molecule has 98 valence electrons. The van der Waals surface area contributed by atoms with Crippen molar-refractivity contribution in [2.24, 2.45) is 0 Å². The lowest BCUT2D eigenvalue weighted by molar-refractivity contribution is -0.141. The molecule has 0 saturated heterocycles. The molecule has 0 unspecified atom stereocenters.